The molecule has 6 nitrogen and oxygen atoms in total. The van der Waals surface area contributed by atoms with Gasteiger partial charge in [0.15, 0.2) is 0 Å². The number of urea groups is 1. The zero-order valence-electron chi connectivity index (χ0n) is 15.8. The maximum Gasteiger partial charge on any atom is 0.314 e. The summed E-state index contributed by atoms with van der Waals surface area (Å²) < 4.78 is 5.77. The molecule has 29 heavy (non-hydrogen) atoms. The van der Waals surface area contributed by atoms with E-state index >= 15 is 0 Å². The number of fused-ring (bicyclic) bond motifs is 1. The number of aromatic nitrogens is 2. The summed E-state index contributed by atoms with van der Waals surface area (Å²) in [4.78, 5) is 23.4. The first-order chi connectivity index (χ1) is 14.2. The van der Waals surface area contributed by atoms with E-state index in [0.717, 1.165) is 32.2 Å². The molecule has 2 N–H and O–H groups in total. The van der Waals surface area contributed by atoms with Crippen molar-refractivity contribution < 1.29 is 9.53 Å². The standard InChI is InChI=1S/C21H20N4O2S2/c1-2-22-21(26)23-9-10-27-14-7-8-15-16(13-14)25-20(18-6-4-12-29-18)19(24-15)17-5-3-11-28-17/h3-8,11-13H,2,9-10H2,1H3,(H2,22,23,26). The molecule has 0 radical (unpaired) electrons. The SMILES string of the molecule is CCNC(=O)NCCOc1ccc2nc(-c3cccs3)c(-c3cccs3)nc2c1. The van der Waals surface area contributed by atoms with Crippen molar-refractivity contribution in [1.29, 1.82) is 0 Å². The Morgan fingerprint density at radius 3 is 2.28 bits per heavy atom. The minimum atomic E-state index is -0.192. The van der Waals surface area contributed by atoms with Crippen LogP contribution in [0, 0.1) is 0 Å². The predicted molar refractivity (Wildman–Crippen MR) is 119 cm³/mol. The van der Waals surface area contributed by atoms with Gasteiger partial charge in [-0.1, -0.05) is 12.1 Å². The molecule has 3 heterocycles. The molecule has 0 aliphatic rings. The van der Waals surface area contributed by atoms with Crippen LogP contribution >= 0.6 is 22.7 Å². The number of hydrogen-bond donors (Lipinski definition) is 2. The number of thiophene rings is 2. The van der Waals surface area contributed by atoms with Crippen LogP contribution in [0.2, 0.25) is 0 Å². The van der Waals surface area contributed by atoms with Gasteiger partial charge in [-0.15, -0.1) is 22.7 Å². The van der Waals surface area contributed by atoms with E-state index < -0.39 is 0 Å². The minimum absolute atomic E-state index is 0.192. The van der Waals surface area contributed by atoms with Crippen LogP contribution in [-0.2, 0) is 0 Å². The van der Waals surface area contributed by atoms with Crippen LogP contribution in [-0.4, -0.2) is 35.7 Å². The molecule has 148 valence electrons. The number of nitrogens with one attached hydrogen (secondary N) is 2. The third-order valence-corrected chi connectivity index (χ3v) is 5.89. The number of carbonyl (C=O) groups excluding carboxylic acids is 1. The van der Waals surface area contributed by atoms with Crippen molar-refractivity contribution >= 4 is 39.7 Å². The van der Waals surface area contributed by atoms with Crippen LogP contribution in [0.5, 0.6) is 5.75 Å². The number of hydrogen-bond acceptors (Lipinski definition) is 6. The van der Waals surface area contributed by atoms with Gasteiger partial charge in [0, 0.05) is 12.6 Å². The fraction of sp³-hybridized carbons (Fsp3) is 0.190. The Morgan fingerprint density at radius 2 is 1.66 bits per heavy atom. The van der Waals surface area contributed by atoms with E-state index in [2.05, 4.69) is 22.8 Å². The molecule has 8 heteroatoms. The van der Waals surface area contributed by atoms with Gasteiger partial charge in [0.25, 0.3) is 0 Å². The summed E-state index contributed by atoms with van der Waals surface area (Å²) >= 11 is 3.30. The van der Waals surface area contributed by atoms with E-state index in [1.807, 2.05) is 48.0 Å². The maximum absolute atomic E-state index is 11.4. The Balaban J connectivity index is 1.58. The highest BCUT2D eigenvalue weighted by molar-refractivity contribution is 7.14. The van der Waals surface area contributed by atoms with Gasteiger partial charge in [-0.25, -0.2) is 14.8 Å². The van der Waals surface area contributed by atoms with E-state index in [-0.39, 0.29) is 6.03 Å². The number of rotatable bonds is 7. The summed E-state index contributed by atoms with van der Waals surface area (Å²) in [7, 11) is 0. The molecule has 4 aromatic rings. The summed E-state index contributed by atoms with van der Waals surface area (Å²) in [5.74, 6) is 0.700. The van der Waals surface area contributed by atoms with Gasteiger partial charge in [-0.3, -0.25) is 0 Å². The predicted octanol–water partition coefficient (Wildman–Crippen LogP) is 4.78. The van der Waals surface area contributed by atoms with E-state index in [1.54, 1.807) is 22.7 Å². The molecule has 0 spiro atoms. The van der Waals surface area contributed by atoms with Gasteiger partial charge >= 0.3 is 6.03 Å². The van der Waals surface area contributed by atoms with Crippen LogP contribution in [0.15, 0.2) is 53.2 Å². The van der Waals surface area contributed by atoms with E-state index in [1.165, 1.54) is 0 Å². The molecular formula is C21H20N4O2S2. The fourth-order valence-electron chi connectivity index (χ4n) is 2.85. The quantitative estimate of drug-likeness (QED) is 0.419. The number of ether oxygens (including phenoxy) is 1. The van der Waals surface area contributed by atoms with Crippen molar-refractivity contribution in [2.75, 3.05) is 19.7 Å². The lowest BCUT2D eigenvalue weighted by Crippen LogP contribution is -2.37. The number of nitrogens with zero attached hydrogens (tertiary/aromatic N) is 2. The molecule has 0 unspecified atom stereocenters. The molecule has 4 rings (SSSR count). The number of amides is 2. The second-order valence-corrected chi connectivity index (χ2v) is 8.06. The van der Waals surface area contributed by atoms with Crippen LogP contribution in [0.25, 0.3) is 32.2 Å². The van der Waals surface area contributed by atoms with Crippen LogP contribution in [0.4, 0.5) is 4.79 Å². The first kappa shape index (κ1) is 19.4. The molecule has 0 fully saturated rings. The molecule has 2 amide bonds. The molecule has 0 aliphatic heterocycles. The van der Waals surface area contributed by atoms with E-state index in [4.69, 9.17) is 14.7 Å². The Labute approximate surface area is 176 Å². The highest BCUT2D eigenvalue weighted by Crippen LogP contribution is 2.35. The molecule has 3 aromatic heterocycles. The lowest BCUT2D eigenvalue weighted by molar-refractivity contribution is 0.237. The first-order valence-electron chi connectivity index (χ1n) is 9.28. The highest BCUT2D eigenvalue weighted by Gasteiger charge is 2.15. The average Bonchev–Trinajstić information content (AvgIpc) is 3.44. The maximum atomic E-state index is 11.4. The van der Waals surface area contributed by atoms with Crippen molar-refractivity contribution in [1.82, 2.24) is 20.6 Å². The summed E-state index contributed by atoms with van der Waals surface area (Å²) in [5.41, 5.74) is 3.38. The number of carbonyl (C=O) groups is 1. The molecule has 0 aliphatic carbocycles. The first-order valence-corrected chi connectivity index (χ1v) is 11.0. The summed E-state index contributed by atoms with van der Waals surface area (Å²) in [6.07, 6.45) is 0. The van der Waals surface area contributed by atoms with Crippen LogP contribution in [0.3, 0.4) is 0 Å². The van der Waals surface area contributed by atoms with Gasteiger partial charge in [0.2, 0.25) is 0 Å². The number of benzene rings is 1. The fourth-order valence-corrected chi connectivity index (χ4v) is 4.28. The average molecular weight is 425 g/mol. The molecule has 0 saturated heterocycles. The third-order valence-electron chi connectivity index (χ3n) is 4.14. The van der Waals surface area contributed by atoms with E-state index in [9.17, 15) is 4.79 Å². The van der Waals surface area contributed by atoms with Gasteiger partial charge in [0.1, 0.15) is 23.7 Å². The Kier molecular flexibility index (Phi) is 6.02. The van der Waals surface area contributed by atoms with Crippen molar-refractivity contribution in [3.8, 4) is 26.9 Å². The molecule has 1 aromatic carbocycles. The second kappa shape index (κ2) is 9.02. The Bertz CT molecular complexity index is 1100. The third kappa shape index (κ3) is 4.55. The zero-order valence-corrected chi connectivity index (χ0v) is 17.5. The van der Waals surface area contributed by atoms with Gasteiger partial charge in [-0.2, -0.15) is 0 Å². The monoisotopic (exact) mass is 424 g/mol. The summed E-state index contributed by atoms with van der Waals surface area (Å²) in [6, 6.07) is 13.7. The van der Waals surface area contributed by atoms with Crippen molar-refractivity contribution in [3.05, 3.63) is 53.2 Å². The Hall–Kier alpha value is -2.97. The summed E-state index contributed by atoms with van der Waals surface area (Å²) in [6.45, 7) is 3.27. The zero-order chi connectivity index (χ0) is 20.1. The lowest BCUT2D eigenvalue weighted by Gasteiger charge is -2.10. The second-order valence-electron chi connectivity index (χ2n) is 6.16. The van der Waals surface area contributed by atoms with Gasteiger partial charge in [-0.05, 0) is 41.9 Å². The minimum Gasteiger partial charge on any atom is -0.492 e. The summed E-state index contributed by atoms with van der Waals surface area (Å²) in [5, 5.41) is 9.51. The van der Waals surface area contributed by atoms with Crippen molar-refractivity contribution in [2.45, 2.75) is 6.92 Å². The van der Waals surface area contributed by atoms with Crippen molar-refractivity contribution in [3.63, 3.8) is 0 Å². The largest absolute Gasteiger partial charge is 0.492 e. The van der Waals surface area contributed by atoms with Crippen molar-refractivity contribution in [2.24, 2.45) is 0 Å². The topological polar surface area (TPSA) is 76.1 Å². The normalized spacial score (nSPS) is 10.8. The molecule has 0 saturated carbocycles. The Morgan fingerprint density at radius 1 is 0.966 bits per heavy atom. The molecular weight excluding hydrogens is 404 g/mol. The molecule has 0 atom stereocenters. The van der Waals surface area contributed by atoms with Gasteiger partial charge < -0.3 is 15.4 Å². The van der Waals surface area contributed by atoms with Gasteiger partial charge in [0.05, 0.1) is 27.3 Å². The molecule has 0 bridgehead atoms. The van der Waals surface area contributed by atoms with Crippen LogP contribution in [0.1, 0.15) is 6.92 Å². The smallest absolute Gasteiger partial charge is 0.314 e. The highest BCUT2D eigenvalue weighted by atomic mass is 32.1. The van der Waals surface area contributed by atoms with E-state index in [0.29, 0.717) is 25.4 Å². The lowest BCUT2D eigenvalue weighted by atomic mass is 10.2. The van der Waals surface area contributed by atoms with Crippen LogP contribution < -0.4 is 15.4 Å².